The van der Waals surface area contributed by atoms with E-state index in [9.17, 15) is 13.2 Å². The molecular weight excluding hydrogens is 306 g/mol. The number of rotatable bonds is 3. The Labute approximate surface area is 129 Å². The zero-order valence-electron chi connectivity index (χ0n) is 12.3. The van der Waals surface area contributed by atoms with Crippen LogP contribution in [0.1, 0.15) is 12.8 Å². The van der Waals surface area contributed by atoms with Crippen LogP contribution in [-0.4, -0.2) is 55.2 Å². The van der Waals surface area contributed by atoms with Crippen molar-refractivity contribution in [3.05, 3.63) is 24.5 Å². The molecule has 0 aromatic carbocycles. The van der Waals surface area contributed by atoms with Crippen molar-refractivity contribution in [3.63, 3.8) is 0 Å². The van der Waals surface area contributed by atoms with Gasteiger partial charge in [0.1, 0.15) is 0 Å². The molecule has 2 aliphatic rings. The standard InChI is InChI=1S/C14H19N3O4S/c1-22(19,20)17-9-10(7-13-12(17)4-6-21-13)14(18)16-11-3-2-5-15-8-11/h2-3,5,8,10,12-13H,4,6-7,9H2,1H3,(H,16,18)/t10-,12-,13-/m1/s1. The second-order valence-electron chi connectivity index (χ2n) is 5.76. The molecule has 0 unspecified atom stereocenters. The average Bonchev–Trinajstić information content (AvgIpc) is 2.94. The van der Waals surface area contributed by atoms with Crippen LogP contribution in [0.5, 0.6) is 0 Å². The van der Waals surface area contributed by atoms with Gasteiger partial charge in [-0.05, 0) is 25.0 Å². The number of fused-ring (bicyclic) bond motifs is 1. The molecule has 1 N–H and O–H groups in total. The summed E-state index contributed by atoms with van der Waals surface area (Å²) >= 11 is 0. The summed E-state index contributed by atoms with van der Waals surface area (Å²) in [6.07, 6.45) is 5.40. The van der Waals surface area contributed by atoms with Crippen molar-refractivity contribution < 1.29 is 17.9 Å². The van der Waals surface area contributed by atoms with E-state index in [-0.39, 0.29) is 24.6 Å². The van der Waals surface area contributed by atoms with Crippen molar-refractivity contribution in [2.24, 2.45) is 5.92 Å². The van der Waals surface area contributed by atoms with E-state index in [1.54, 1.807) is 24.5 Å². The summed E-state index contributed by atoms with van der Waals surface area (Å²) in [5.74, 6) is -0.620. The Morgan fingerprint density at radius 3 is 3.00 bits per heavy atom. The largest absolute Gasteiger partial charge is 0.376 e. The zero-order valence-corrected chi connectivity index (χ0v) is 13.1. The number of pyridine rings is 1. The number of sulfonamides is 1. The zero-order chi connectivity index (χ0) is 15.7. The third-order valence-corrected chi connectivity index (χ3v) is 5.46. The maximum Gasteiger partial charge on any atom is 0.228 e. The lowest BCUT2D eigenvalue weighted by Crippen LogP contribution is -2.53. The molecule has 2 saturated heterocycles. The predicted octanol–water partition coefficient (Wildman–Crippen LogP) is 0.459. The highest BCUT2D eigenvalue weighted by Gasteiger charge is 2.45. The number of hydrogen-bond donors (Lipinski definition) is 1. The lowest BCUT2D eigenvalue weighted by Gasteiger charge is -2.38. The minimum Gasteiger partial charge on any atom is -0.376 e. The van der Waals surface area contributed by atoms with Crippen LogP contribution in [0.3, 0.4) is 0 Å². The van der Waals surface area contributed by atoms with Crippen LogP contribution < -0.4 is 5.32 Å². The summed E-state index contributed by atoms with van der Waals surface area (Å²) in [7, 11) is -3.36. The molecule has 8 heteroatoms. The van der Waals surface area contributed by atoms with Crippen LogP contribution >= 0.6 is 0 Å². The molecule has 0 radical (unpaired) electrons. The van der Waals surface area contributed by atoms with Gasteiger partial charge in [0.15, 0.2) is 0 Å². The van der Waals surface area contributed by atoms with Crippen molar-refractivity contribution in [2.75, 3.05) is 24.7 Å². The lowest BCUT2D eigenvalue weighted by molar-refractivity contribution is -0.122. The number of piperidine rings is 1. The maximum absolute atomic E-state index is 12.4. The molecule has 3 heterocycles. The number of nitrogens with one attached hydrogen (secondary N) is 1. The Kier molecular flexibility index (Phi) is 4.16. The number of amides is 1. The molecule has 0 aliphatic carbocycles. The Hall–Kier alpha value is -1.51. The van der Waals surface area contributed by atoms with E-state index in [0.717, 1.165) is 0 Å². The normalized spacial score (nSPS) is 29.0. The fourth-order valence-electron chi connectivity index (χ4n) is 3.15. The van der Waals surface area contributed by atoms with Crippen LogP contribution in [-0.2, 0) is 19.6 Å². The summed E-state index contributed by atoms with van der Waals surface area (Å²) in [6, 6.07) is 3.34. The van der Waals surface area contributed by atoms with Crippen molar-refractivity contribution in [1.29, 1.82) is 0 Å². The first-order valence-electron chi connectivity index (χ1n) is 7.24. The number of anilines is 1. The molecule has 2 fully saturated rings. The molecule has 1 aromatic heterocycles. The van der Waals surface area contributed by atoms with E-state index >= 15 is 0 Å². The fourth-order valence-corrected chi connectivity index (χ4v) is 4.34. The monoisotopic (exact) mass is 325 g/mol. The van der Waals surface area contributed by atoms with Gasteiger partial charge < -0.3 is 10.1 Å². The van der Waals surface area contributed by atoms with Gasteiger partial charge in [0, 0.05) is 19.3 Å². The SMILES string of the molecule is CS(=O)(=O)N1C[C@H](C(=O)Nc2cccnc2)C[C@H]2OCC[C@H]21. The first-order chi connectivity index (χ1) is 10.4. The molecule has 2 aliphatic heterocycles. The molecule has 0 saturated carbocycles. The maximum atomic E-state index is 12.4. The predicted molar refractivity (Wildman–Crippen MR) is 80.7 cm³/mol. The molecule has 3 rings (SSSR count). The first-order valence-corrected chi connectivity index (χ1v) is 9.09. The topological polar surface area (TPSA) is 88.6 Å². The van der Waals surface area contributed by atoms with E-state index < -0.39 is 15.9 Å². The Bertz CT molecular complexity index is 649. The summed E-state index contributed by atoms with van der Waals surface area (Å²) in [6.45, 7) is 0.744. The van der Waals surface area contributed by atoms with E-state index in [1.165, 1.54) is 10.6 Å². The van der Waals surface area contributed by atoms with Crippen molar-refractivity contribution in [2.45, 2.75) is 25.0 Å². The molecule has 7 nitrogen and oxygen atoms in total. The highest BCUT2D eigenvalue weighted by Crippen LogP contribution is 2.33. The Morgan fingerprint density at radius 1 is 1.50 bits per heavy atom. The van der Waals surface area contributed by atoms with Crippen LogP contribution in [0.2, 0.25) is 0 Å². The van der Waals surface area contributed by atoms with Crippen molar-refractivity contribution >= 4 is 21.6 Å². The van der Waals surface area contributed by atoms with Crippen molar-refractivity contribution in [3.8, 4) is 0 Å². The lowest BCUT2D eigenvalue weighted by atomic mass is 9.91. The molecule has 1 amide bonds. The first kappa shape index (κ1) is 15.4. The molecule has 120 valence electrons. The van der Waals surface area contributed by atoms with Crippen LogP contribution in [0.25, 0.3) is 0 Å². The summed E-state index contributed by atoms with van der Waals surface area (Å²) in [4.78, 5) is 16.4. The summed E-state index contributed by atoms with van der Waals surface area (Å²) in [5.41, 5.74) is 0.605. The van der Waals surface area contributed by atoms with Crippen LogP contribution in [0.4, 0.5) is 5.69 Å². The smallest absolute Gasteiger partial charge is 0.228 e. The van der Waals surface area contributed by atoms with Gasteiger partial charge in [-0.3, -0.25) is 9.78 Å². The third kappa shape index (κ3) is 3.13. The fraction of sp³-hybridized carbons (Fsp3) is 0.571. The van der Waals surface area contributed by atoms with Crippen LogP contribution in [0.15, 0.2) is 24.5 Å². The average molecular weight is 325 g/mol. The molecule has 1 aromatic rings. The van der Waals surface area contributed by atoms with Gasteiger partial charge in [-0.1, -0.05) is 0 Å². The number of aromatic nitrogens is 1. The molecule has 22 heavy (non-hydrogen) atoms. The van der Waals surface area contributed by atoms with E-state index in [0.29, 0.717) is 25.1 Å². The van der Waals surface area contributed by atoms with Gasteiger partial charge in [-0.25, -0.2) is 8.42 Å². The Morgan fingerprint density at radius 2 is 2.32 bits per heavy atom. The molecule has 0 bridgehead atoms. The number of ether oxygens (including phenoxy) is 1. The van der Waals surface area contributed by atoms with Crippen molar-refractivity contribution in [1.82, 2.24) is 9.29 Å². The third-order valence-electron chi connectivity index (χ3n) is 4.19. The minimum absolute atomic E-state index is 0.141. The van der Waals surface area contributed by atoms with Gasteiger partial charge in [-0.2, -0.15) is 4.31 Å². The van der Waals surface area contributed by atoms with Crippen LogP contribution in [0, 0.1) is 5.92 Å². The van der Waals surface area contributed by atoms with E-state index in [4.69, 9.17) is 4.74 Å². The molecular formula is C14H19N3O4S. The highest BCUT2D eigenvalue weighted by molar-refractivity contribution is 7.88. The summed E-state index contributed by atoms with van der Waals surface area (Å²) < 4.78 is 31.0. The van der Waals surface area contributed by atoms with Gasteiger partial charge in [0.25, 0.3) is 0 Å². The van der Waals surface area contributed by atoms with E-state index in [1.807, 2.05) is 0 Å². The Balaban J connectivity index is 1.75. The molecule has 0 spiro atoms. The number of nitrogens with zero attached hydrogens (tertiary/aromatic N) is 2. The highest BCUT2D eigenvalue weighted by atomic mass is 32.2. The quantitative estimate of drug-likeness (QED) is 0.872. The minimum atomic E-state index is -3.36. The van der Waals surface area contributed by atoms with E-state index in [2.05, 4.69) is 10.3 Å². The number of hydrogen-bond acceptors (Lipinski definition) is 5. The number of carbonyl (C=O) groups excluding carboxylic acids is 1. The van der Waals surface area contributed by atoms with Gasteiger partial charge in [0.05, 0.1) is 36.2 Å². The second kappa shape index (κ2) is 5.94. The molecule has 3 atom stereocenters. The number of carbonyl (C=O) groups is 1. The second-order valence-corrected chi connectivity index (χ2v) is 7.70. The summed E-state index contributed by atoms with van der Waals surface area (Å²) in [5, 5.41) is 2.79. The van der Waals surface area contributed by atoms with Gasteiger partial charge >= 0.3 is 0 Å². The van der Waals surface area contributed by atoms with Gasteiger partial charge in [-0.15, -0.1) is 0 Å². The van der Waals surface area contributed by atoms with Gasteiger partial charge in [0.2, 0.25) is 15.9 Å².